The molecule has 0 saturated heterocycles. The highest BCUT2D eigenvalue weighted by Gasteiger charge is 2.22. The highest BCUT2D eigenvalue weighted by atomic mass is 35.5. The Labute approximate surface area is 247 Å². The first kappa shape index (κ1) is 29.7. The highest BCUT2D eigenvalue weighted by molar-refractivity contribution is 7.99. The number of hydrogen-bond acceptors (Lipinski definition) is 5. The summed E-state index contributed by atoms with van der Waals surface area (Å²) in [4.78, 5) is 13.1. The molecule has 4 aromatic carbocycles. The number of carbonyl (C=O) groups excluding carboxylic acids is 1. The predicted molar refractivity (Wildman–Crippen MR) is 166 cm³/mol. The lowest BCUT2D eigenvalue weighted by Gasteiger charge is -2.26. The number of halogens is 1. The zero-order valence-corrected chi connectivity index (χ0v) is 24.4. The smallest absolute Gasteiger partial charge is 0.337 e. The van der Waals surface area contributed by atoms with Gasteiger partial charge in [0.25, 0.3) is 0 Å². The van der Waals surface area contributed by atoms with Crippen LogP contribution < -0.4 is 10.1 Å². The molecule has 1 N–H and O–H groups in total. The van der Waals surface area contributed by atoms with Crippen LogP contribution in [0.3, 0.4) is 0 Å². The van der Waals surface area contributed by atoms with Gasteiger partial charge in [0.1, 0.15) is 12.4 Å². The number of hydrogen-bond donors (Lipinski definition) is 1. The molecule has 5 rings (SSSR count). The van der Waals surface area contributed by atoms with E-state index in [0.29, 0.717) is 12.2 Å². The number of rotatable bonds is 11. The Balaban J connectivity index is 0.00000370. The highest BCUT2D eigenvalue weighted by Crippen LogP contribution is 2.37. The van der Waals surface area contributed by atoms with Crippen molar-refractivity contribution in [3.63, 3.8) is 0 Å². The summed E-state index contributed by atoms with van der Waals surface area (Å²) in [5, 5.41) is 3.73. The molecule has 0 radical (unpaired) electrons. The molecule has 1 atom stereocenters. The van der Waals surface area contributed by atoms with Crippen molar-refractivity contribution < 1.29 is 14.3 Å². The molecule has 0 aliphatic carbocycles. The van der Waals surface area contributed by atoms with Gasteiger partial charge in [-0.2, -0.15) is 0 Å². The van der Waals surface area contributed by atoms with E-state index in [0.717, 1.165) is 48.6 Å². The van der Waals surface area contributed by atoms with Crippen molar-refractivity contribution in [1.29, 1.82) is 0 Å². The standard InChI is InChI=1S/C34H35NO3S.ClH/c1-37-34(36)29-17-18-30-31(20-22-39-33(30)23-29)35-21-19-28-9-5-6-10-32(28)38-24-27-15-13-26(14-16-27)12-11-25-7-3-2-4-8-25;/h2-10,13-18,23,31,35H,11-12,19-22,24H2,1H3;1H. The van der Waals surface area contributed by atoms with Crippen molar-refractivity contribution in [3.8, 4) is 5.75 Å². The van der Waals surface area contributed by atoms with E-state index in [1.807, 2.05) is 18.2 Å². The maximum absolute atomic E-state index is 11.9. The van der Waals surface area contributed by atoms with Gasteiger partial charge in [-0.1, -0.05) is 78.9 Å². The van der Waals surface area contributed by atoms with Crippen LogP contribution in [0.15, 0.2) is 102 Å². The first-order chi connectivity index (χ1) is 19.2. The molecule has 0 saturated carbocycles. The minimum absolute atomic E-state index is 0. The van der Waals surface area contributed by atoms with Crippen molar-refractivity contribution >= 4 is 30.1 Å². The molecule has 208 valence electrons. The maximum Gasteiger partial charge on any atom is 0.337 e. The third kappa shape index (κ3) is 7.91. The molecule has 0 fully saturated rings. The van der Waals surface area contributed by atoms with E-state index >= 15 is 0 Å². The van der Waals surface area contributed by atoms with Crippen LogP contribution >= 0.6 is 24.2 Å². The Hall–Kier alpha value is -3.25. The fraction of sp³-hybridized carbons (Fsp3) is 0.265. The molecule has 0 spiro atoms. The van der Waals surface area contributed by atoms with Gasteiger partial charge in [0.2, 0.25) is 0 Å². The minimum Gasteiger partial charge on any atom is -0.489 e. The first-order valence-electron chi connectivity index (χ1n) is 13.6. The van der Waals surface area contributed by atoms with Gasteiger partial charge in [0.05, 0.1) is 12.7 Å². The van der Waals surface area contributed by atoms with Gasteiger partial charge in [-0.3, -0.25) is 0 Å². The van der Waals surface area contributed by atoms with Crippen LogP contribution in [0.2, 0.25) is 0 Å². The Morgan fingerprint density at radius 1 is 0.850 bits per heavy atom. The number of fused-ring (bicyclic) bond motifs is 1. The number of methoxy groups -OCH3 is 1. The topological polar surface area (TPSA) is 47.6 Å². The SMILES string of the molecule is COC(=O)c1ccc2c(c1)SCCC2NCCc1ccccc1OCc1ccc(CCc2ccccc2)cc1.Cl. The normalized spacial score (nSPS) is 14.1. The lowest BCUT2D eigenvalue weighted by atomic mass is 10.0. The minimum atomic E-state index is -0.288. The van der Waals surface area contributed by atoms with Crippen LogP contribution in [0.25, 0.3) is 0 Å². The maximum atomic E-state index is 11.9. The lowest BCUT2D eigenvalue weighted by Crippen LogP contribution is -2.26. The van der Waals surface area contributed by atoms with E-state index in [1.165, 1.54) is 34.9 Å². The Morgan fingerprint density at radius 3 is 2.33 bits per heavy atom. The van der Waals surface area contributed by atoms with Gasteiger partial charge in [0.15, 0.2) is 0 Å². The van der Waals surface area contributed by atoms with Gasteiger partial charge in [-0.05, 0) is 84.0 Å². The number of para-hydroxylation sites is 1. The second kappa shape index (κ2) is 14.9. The average molecular weight is 574 g/mol. The van der Waals surface area contributed by atoms with Crippen molar-refractivity contribution in [2.75, 3.05) is 19.4 Å². The molecule has 1 unspecified atom stereocenters. The summed E-state index contributed by atoms with van der Waals surface area (Å²) < 4.78 is 11.1. The van der Waals surface area contributed by atoms with Crippen molar-refractivity contribution in [2.24, 2.45) is 0 Å². The third-order valence-corrected chi connectivity index (χ3v) is 8.30. The zero-order valence-electron chi connectivity index (χ0n) is 22.8. The van der Waals surface area contributed by atoms with E-state index in [2.05, 4.69) is 84.2 Å². The summed E-state index contributed by atoms with van der Waals surface area (Å²) in [6.45, 7) is 1.41. The molecule has 1 heterocycles. The molecular formula is C34H36ClNO3S. The van der Waals surface area contributed by atoms with E-state index in [1.54, 1.807) is 11.8 Å². The fourth-order valence-electron chi connectivity index (χ4n) is 4.98. The molecule has 1 aliphatic heterocycles. The Kier molecular flexibility index (Phi) is 11.1. The van der Waals surface area contributed by atoms with E-state index in [9.17, 15) is 4.79 Å². The molecular weight excluding hydrogens is 538 g/mol. The Bertz CT molecular complexity index is 1380. The number of nitrogens with one attached hydrogen (secondary N) is 1. The van der Waals surface area contributed by atoms with Crippen molar-refractivity contribution in [2.45, 2.75) is 43.2 Å². The molecule has 6 heteroatoms. The lowest BCUT2D eigenvalue weighted by molar-refractivity contribution is 0.0600. The van der Waals surface area contributed by atoms with Gasteiger partial charge < -0.3 is 14.8 Å². The first-order valence-corrected chi connectivity index (χ1v) is 14.6. The van der Waals surface area contributed by atoms with Crippen LogP contribution in [-0.2, 0) is 30.6 Å². The summed E-state index contributed by atoms with van der Waals surface area (Å²) in [6.07, 6.45) is 4.04. The summed E-state index contributed by atoms with van der Waals surface area (Å²) in [7, 11) is 1.42. The van der Waals surface area contributed by atoms with Gasteiger partial charge in [-0.15, -0.1) is 24.2 Å². The van der Waals surface area contributed by atoms with Gasteiger partial charge in [0, 0.05) is 10.9 Å². The molecule has 0 amide bonds. The van der Waals surface area contributed by atoms with Crippen LogP contribution in [0.5, 0.6) is 5.75 Å². The van der Waals surface area contributed by atoms with Gasteiger partial charge in [-0.25, -0.2) is 4.79 Å². The molecule has 40 heavy (non-hydrogen) atoms. The molecule has 4 aromatic rings. The summed E-state index contributed by atoms with van der Waals surface area (Å²) in [5.74, 6) is 1.68. The third-order valence-electron chi connectivity index (χ3n) is 7.19. The average Bonchev–Trinajstić information content (AvgIpc) is 3.00. The number of thioether (sulfide) groups is 1. The summed E-state index contributed by atoms with van der Waals surface area (Å²) in [6, 6.07) is 33.9. The summed E-state index contributed by atoms with van der Waals surface area (Å²) >= 11 is 1.81. The largest absolute Gasteiger partial charge is 0.489 e. The summed E-state index contributed by atoms with van der Waals surface area (Å²) in [5.41, 5.74) is 6.96. The monoisotopic (exact) mass is 573 g/mol. The number of ether oxygens (including phenoxy) is 2. The molecule has 4 nitrogen and oxygen atoms in total. The van der Waals surface area contributed by atoms with Crippen LogP contribution in [0, 0.1) is 0 Å². The van der Waals surface area contributed by atoms with Crippen molar-refractivity contribution in [1.82, 2.24) is 5.32 Å². The number of aryl methyl sites for hydroxylation is 2. The van der Waals surface area contributed by atoms with E-state index in [4.69, 9.17) is 9.47 Å². The van der Waals surface area contributed by atoms with E-state index < -0.39 is 0 Å². The van der Waals surface area contributed by atoms with Crippen molar-refractivity contribution in [3.05, 3.63) is 130 Å². The number of esters is 1. The number of carbonyl (C=O) groups is 1. The number of benzene rings is 4. The Morgan fingerprint density at radius 2 is 1.55 bits per heavy atom. The van der Waals surface area contributed by atoms with E-state index in [-0.39, 0.29) is 24.4 Å². The van der Waals surface area contributed by atoms with Gasteiger partial charge >= 0.3 is 5.97 Å². The molecule has 1 aliphatic rings. The van der Waals surface area contributed by atoms with Crippen LogP contribution in [0.1, 0.15) is 50.6 Å². The van der Waals surface area contributed by atoms with Crippen LogP contribution in [-0.4, -0.2) is 25.4 Å². The quantitative estimate of drug-likeness (QED) is 0.187. The predicted octanol–water partition coefficient (Wildman–Crippen LogP) is 7.63. The zero-order chi connectivity index (χ0) is 26.9. The molecule has 0 bridgehead atoms. The van der Waals surface area contributed by atoms with Crippen LogP contribution in [0.4, 0.5) is 0 Å². The second-order valence-electron chi connectivity index (χ2n) is 9.84. The second-order valence-corrected chi connectivity index (χ2v) is 11.0. The fourth-order valence-corrected chi connectivity index (χ4v) is 6.14. The molecule has 0 aromatic heterocycles.